The number of thioether (sulfide) groups is 1. The number of fused-ring (bicyclic) bond motifs is 3. The van der Waals surface area contributed by atoms with Crippen LogP contribution in [-0.2, 0) is 25.1 Å². The number of rotatable bonds is 4. The van der Waals surface area contributed by atoms with Crippen LogP contribution < -0.4 is 0 Å². The van der Waals surface area contributed by atoms with Crippen molar-refractivity contribution in [1.29, 1.82) is 0 Å². The first-order valence-electron chi connectivity index (χ1n) is 8.10. The van der Waals surface area contributed by atoms with Crippen LogP contribution in [0.5, 0.6) is 0 Å². The molecule has 0 amide bonds. The molecule has 5 nitrogen and oxygen atoms in total. The minimum absolute atomic E-state index is 0.544. The summed E-state index contributed by atoms with van der Waals surface area (Å²) in [6.45, 7) is -1.10. The van der Waals surface area contributed by atoms with Crippen LogP contribution in [0.4, 0.5) is 13.2 Å². The molecule has 0 saturated carbocycles. The smallest absolute Gasteiger partial charge is 0.262 e. The summed E-state index contributed by atoms with van der Waals surface area (Å²) in [5, 5.41) is 8.84. The maximum Gasteiger partial charge on any atom is 0.408 e. The largest absolute Gasteiger partial charge is 0.408 e. The Bertz CT molecular complexity index is 930. The molecule has 0 aromatic carbocycles. The molecule has 3 heterocycles. The lowest BCUT2D eigenvalue weighted by molar-refractivity contribution is -0.142. The van der Waals surface area contributed by atoms with Crippen molar-refractivity contribution >= 4 is 11.8 Å². The van der Waals surface area contributed by atoms with Gasteiger partial charge in [0.15, 0.2) is 0 Å². The summed E-state index contributed by atoms with van der Waals surface area (Å²) >= 11 is 1.56. The van der Waals surface area contributed by atoms with Gasteiger partial charge in [0, 0.05) is 29.3 Å². The number of hydrogen-bond donors (Lipinski definition) is 0. The van der Waals surface area contributed by atoms with E-state index in [4.69, 9.17) is 0 Å². The standard InChI is InChI=1S/C17H16F3N5S/c1-26-9-15-12-4-5-14-13(16(12)25(23-15)10-17(18,19)20)8-24(22-14)11-3-2-6-21-7-11/h2-3,6-8H,4-5,9-10H2,1H3. The summed E-state index contributed by atoms with van der Waals surface area (Å²) in [5.41, 5.74) is 4.47. The van der Waals surface area contributed by atoms with Gasteiger partial charge in [0.1, 0.15) is 6.54 Å². The summed E-state index contributed by atoms with van der Waals surface area (Å²) in [6.07, 6.45) is 4.05. The van der Waals surface area contributed by atoms with Crippen molar-refractivity contribution in [2.45, 2.75) is 31.3 Å². The van der Waals surface area contributed by atoms with Crippen molar-refractivity contribution in [2.24, 2.45) is 0 Å². The Morgan fingerprint density at radius 1 is 1.23 bits per heavy atom. The average molecular weight is 379 g/mol. The van der Waals surface area contributed by atoms with Gasteiger partial charge in [0.2, 0.25) is 0 Å². The minimum Gasteiger partial charge on any atom is -0.262 e. The second kappa shape index (κ2) is 6.46. The van der Waals surface area contributed by atoms with E-state index in [2.05, 4.69) is 15.2 Å². The van der Waals surface area contributed by atoms with Crippen LogP contribution in [0.1, 0.15) is 17.0 Å². The van der Waals surface area contributed by atoms with E-state index in [1.807, 2.05) is 12.3 Å². The number of aromatic nitrogens is 5. The number of hydrogen-bond acceptors (Lipinski definition) is 4. The first-order valence-corrected chi connectivity index (χ1v) is 9.49. The molecule has 9 heteroatoms. The summed E-state index contributed by atoms with van der Waals surface area (Å²) in [6, 6.07) is 3.66. The second-order valence-corrected chi connectivity index (χ2v) is 6.99. The molecule has 0 radical (unpaired) electrons. The van der Waals surface area contributed by atoms with Gasteiger partial charge in [-0.15, -0.1) is 0 Å². The van der Waals surface area contributed by atoms with E-state index in [0.29, 0.717) is 24.3 Å². The fourth-order valence-electron chi connectivity index (χ4n) is 3.31. The fraction of sp³-hybridized carbons (Fsp3) is 0.353. The molecule has 0 bridgehead atoms. The van der Waals surface area contributed by atoms with Crippen molar-refractivity contribution in [1.82, 2.24) is 24.5 Å². The molecule has 3 aromatic heterocycles. The number of alkyl halides is 3. The van der Waals surface area contributed by atoms with Gasteiger partial charge in [-0.25, -0.2) is 4.68 Å². The lowest BCUT2D eigenvalue weighted by Gasteiger charge is -2.15. The maximum atomic E-state index is 13.1. The summed E-state index contributed by atoms with van der Waals surface area (Å²) in [5.74, 6) is 0.596. The van der Waals surface area contributed by atoms with Gasteiger partial charge >= 0.3 is 6.18 Å². The van der Waals surface area contributed by atoms with E-state index in [1.165, 1.54) is 0 Å². The van der Waals surface area contributed by atoms with Gasteiger partial charge in [-0.1, -0.05) is 0 Å². The van der Waals surface area contributed by atoms with Gasteiger partial charge in [-0.2, -0.15) is 35.1 Å². The molecule has 1 aliphatic carbocycles. The van der Waals surface area contributed by atoms with E-state index in [1.54, 1.807) is 41.1 Å². The van der Waals surface area contributed by atoms with Crippen LogP contribution in [0.15, 0.2) is 30.7 Å². The molecule has 0 N–H and O–H groups in total. The highest BCUT2D eigenvalue weighted by Gasteiger charge is 2.34. The number of aryl methyl sites for hydroxylation is 1. The topological polar surface area (TPSA) is 48.5 Å². The molecule has 1 aliphatic rings. The highest BCUT2D eigenvalue weighted by Crippen LogP contribution is 2.37. The van der Waals surface area contributed by atoms with Gasteiger partial charge in [-0.3, -0.25) is 9.67 Å². The third kappa shape index (κ3) is 3.11. The second-order valence-electron chi connectivity index (χ2n) is 6.12. The molecule has 4 rings (SSSR count). The molecule has 0 atom stereocenters. The fourth-order valence-corrected chi connectivity index (χ4v) is 3.81. The van der Waals surface area contributed by atoms with E-state index in [9.17, 15) is 13.2 Å². The molecular weight excluding hydrogens is 363 g/mol. The van der Waals surface area contributed by atoms with E-state index in [0.717, 1.165) is 32.9 Å². The van der Waals surface area contributed by atoms with Crippen molar-refractivity contribution in [3.05, 3.63) is 47.7 Å². The van der Waals surface area contributed by atoms with Crippen LogP contribution >= 0.6 is 11.8 Å². The highest BCUT2D eigenvalue weighted by atomic mass is 32.2. The molecular formula is C17H16F3N5S. The Morgan fingerprint density at radius 2 is 2.08 bits per heavy atom. The van der Waals surface area contributed by atoms with E-state index < -0.39 is 12.7 Å². The molecule has 136 valence electrons. The molecule has 0 fully saturated rings. The minimum atomic E-state index is -4.33. The molecule has 0 unspecified atom stereocenters. The Morgan fingerprint density at radius 3 is 2.77 bits per heavy atom. The Balaban J connectivity index is 1.84. The molecule has 26 heavy (non-hydrogen) atoms. The SMILES string of the molecule is CSCc1nn(CC(F)(F)F)c2c1CCc1nn(-c3cccnc3)cc1-2. The predicted molar refractivity (Wildman–Crippen MR) is 93.3 cm³/mol. The third-order valence-corrected chi connectivity index (χ3v) is 4.87. The van der Waals surface area contributed by atoms with Crippen LogP contribution in [0.25, 0.3) is 16.9 Å². The Labute approximate surface area is 152 Å². The maximum absolute atomic E-state index is 13.1. The first kappa shape index (κ1) is 17.1. The zero-order valence-corrected chi connectivity index (χ0v) is 14.8. The third-order valence-electron chi connectivity index (χ3n) is 4.31. The zero-order valence-electron chi connectivity index (χ0n) is 14.0. The zero-order chi connectivity index (χ0) is 18.3. The van der Waals surface area contributed by atoms with Gasteiger partial charge in [0.25, 0.3) is 0 Å². The van der Waals surface area contributed by atoms with Gasteiger partial charge < -0.3 is 0 Å². The van der Waals surface area contributed by atoms with Crippen LogP contribution in [-0.4, -0.2) is 37.0 Å². The number of pyridine rings is 1. The quantitative estimate of drug-likeness (QED) is 0.694. The summed E-state index contributed by atoms with van der Waals surface area (Å²) < 4.78 is 41.9. The van der Waals surface area contributed by atoms with Crippen LogP contribution in [0.2, 0.25) is 0 Å². The summed E-state index contributed by atoms with van der Waals surface area (Å²) in [4.78, 5) is 4.08. The molecule has 0 saturated heterocycles. The number of nitrogens with zero attached hydrogens (tertiary/aromatic N) is 5. The van der Waals surface area contributed by atoms with Gasteiger partial charge in [0.05, 0.1) is 29.0 Å². The lowest BCUT2D eigenvalue weighted by Crippen LogP contribution is -2.20. The van der Waals surface area contributed by atoms with E-state index in [-0.39, 0.29) is 0 Å². The number of halogens is 3. The highest BCUT2D eigenvalue weighted by molar-refractivity contribution is 7.97. The summed E-state index contributed by atoms with van der Waals surface area (Å²) in [7, 11) is 0. The van der Waals surface area contributed by atoms with E-state index >= 15 is 0 Å². The van der Waals surface area contributed by atoms with Crippen molar-refractivity contribution in [3.63, 3.8) is 0 Å². The van der Waals surface area contributed by atoms with Crippen molar-refractivity contribution in [3.8, 4) is 16.9 Å². The van der Waals surface area contributed by atoms with Crippen molar-refractivity contribution < 1.29 is 13.2 Å². The van der Waals surface area contributed by atoms with Crippen LogP contribution in [0, 0.1) is 0 Å². The molecule has 0 aliphatic heterocycles. The molecule has 0 spiro atoms. The average Bonchev–Trinajstić information content (AvgIpc) is 3.16. The molecule has 3 aromatic rings. The first-order chi connectivity index (χ1) is 12.5. The Hall–Kier alpha value is -2.29. The van der Waals surface area contributed by atoms with Crippen molar-refractivity contribution in [2.75, 3.05) is 6.26 Å². The monoisotopic (exact) mass is 379 g/mol. The lowest BCUT2D eigenvalue weighted by atomic mass is 9.94. The van der Waals surface area contributed by atoms with Gasteiger partial charge in [-0.05, 0) is 31.2 Å². The Kier molecular flexibility index (Phi) is 4.26. The normalized spacial score (nSPS) is 13.5. The van der Waals surface area contributed by atoms with Crippen LogP contribution in [0.3, 0.4) is 0 Å². The predicted octanol–water partition coefficient (Wildman–Crippen LogP) is 3.65.